The van der Waals surface area contributed by atoms with E-state index in [4.69, 9.17) is 60.5 Å². The molecule has 7 heterocycles. The van der Waals surface area contributed by atoms with Gasteiger partial charge >= 0.3 is 18.1 Å². The van der Waals surface area contributed by atoms with Crippen LogP contribution in [0.15, 0.2) is 304 Å². The molecule has 3 aliphatic rings. The number of hydrogen-bond donors (Lipinski definition) is 11. The number of carbonyl (C=O) groups is 7. The summed E-state index contributed by atoms with van der Waals surface area (Å²) in [6, 6.07) is 71.3. The van der Waals surface area contributed by atoms with Crippen molar-refractivity contribution in [1.29, 1.82) is 0 Å². The molecule has 5 aromatic heterocycles. The van der Waals surface area contributed by atoms with Crippen LogP contribution in [0.3, 0.4) is 0 Å². The molecule has 762 valence electrons. The maximum Gasteiger partial charge on any atom is 0.416 e. The minimum atomic E-state index is -4.40. The number of benzene rings is 11. The van der Waals surface area contributed by atoms with Gasteiger partial charge in [0.1, 0.15) is 77.4 Å². The average molecular weight is 2190 g/mol. The Labute approximate surface area is 884 Å². The molecule has 0 atom stereocenters. The molecule has 1 aliphatic carbocycles. The van der Waals surface area contributed by atoms with Crippen LogP contribution in [-0.4, -0.2) is 182 Å². The number of ether oxygens (including phenoxy) is 3. The molecule has 0 radical (unpaired) electrons. The summed E-state index contributed by atoms with van der Waals surface area (Å²) in [6.07, 6.45) is 7.03. The third kappa shape index (κ3) is 31.0. The van der Waals surface area contributed by atoms with Crippen LogP contribution in [-0.2, 0) is 64.0 Å². The van der Waals surface area contributed by atoms with Gasteiger partial charge in [-0.3, -0.25) is 33.8 Å². The Bertz CT molecular complexity index is 7720. The van der Waals surface area contributed by atoms with E-state index in [1.54, 1.807) is 73.8 Å². The Morgan fingerprint density at radius 1 is 0.593 bits per heavy atom. The van der Waals surface area contributed by atoms with E-state index in [0.29, 0.717) is 57.8 Å². The molecule has 16 aromatic rings. The Hall–Kier alpha value is -17.6. The van der Waals surface area contributed by atoms with E-state index in [1.165, 1.54) is 118 Å². The van der Waals surface area contributed by atoms with Crippen molar-refractivity contribution in [3.8, 4) is 63.5 Å². The number of likely N-dealkylation sites (N-methyl/N-ethyl adjacent to an activating group) is 2. The second kappa shape index (κ2) is 52.4. The quantitative estimate of drug-likeness (QED) is 0.00414. The number of likely N-dealkylation sites (tertiary alicyclic amines) is 2. The number of allylic oxidation sites excluding steroid dienone is 2. The number of phenolic OH excluding ortho intramolecular Hbond substituents is 3. The van der Waals surface area contributed by atoms with Gasteiger partial charge in [0.2, 0.25) is 5.88 Å². The van der Waals surface area contributed by atoms with Gasteiger partial charge in [0.05, 0.1) is 97.4 Å². The van der Waals surface area contributed by atoms with Crippen molar-refractivity contribution in [3.63, 3.8) is 0 Å². The molecule has 2 fully saturated rings. The smallest absolute Gasteiger partial charge is 0.416 e. The van der Waals surface area contributed by atoms with Gasteiger partial charge in [-0.2, -0.15) is 13.2 Å². The van der Waals surface area contributed by atoms with Crippen LogP contribution in [0, 0.1) is 22.3 Å². The number of aromatic hydroxyl groups is 4. The molecule has 2 aliphatic heterocycles. The fraction of sp³-hybridized carbons (Fsp3) is 0.155. The van der Waals surface area contributed by atoms with Gasteiger partial charge in [-0.1, -0.05) is 151 Å². The maximum atomic E-state index is 12.5. The zero-order valence-corrected chi connectivity index (χ0v) is 84.9. The standard InChI is InChI=1S/C18H13IN4O2.C18H18N4.C17H15ClO3.C16H13N3O3.2C15H13NO4S.C11H8F3N3O/c19-14-3-1-2-12-13(14)7-15-18(12)23-22-17(21-15)9-20-8-10-4-5-11(24)6-16(10)25;1-2-8-14-13(7-1)19-17(20-14)11-5-6-12-18-21-15-9-3-4-10-16(15)22-18;1-19-15-8-10-17(11-9-15)21-13-3-2-12-20-16-6-4-14(18)5-7-16;1-9-4-2-7-12-13(9)17-16(22)14(12)18-19-15(21)10-5-3-6-11(20)8-10;2*1-16-13(21)8-12(17)11(14(16)18)6-5-9-3-2-4-10(7-9)15(19)20;12-11(13,14)7-2-1-3-8(4-7)17-9-5-10(18)16-6-15-9/h1-6,8,24-25H,7,9H2;1-4,7-10H,5-6,11-12H2,(H,19,20)(H,21,22);4-11H,12-13H2,1H3;2-8,17,20,22H,1H3;2*2-4,6-7H,5,8H2,1H3,(H,19,20);1-6H,(H2,15,16,17,18)/b;;;;2*11-6+;. The number of anilines is 2. The molecule has 19 rings (SSSR count). The van der Waals surface area contributed by atoms with Crippen LogP contribution in [0.5, 0.6) is 40.4 Å². The van der Waals surface area contributed by atoms with E-state index in [-0.39, 0.29) is 105 Å². The number of ketones is 2. The minimum absolute atomic E-state index is 0.00926. The highest BCUT2D eigenvalue weighted by Crippen LogP contribution is 2.39. The van der Waals surface area contributed by atoms with Crippen molar-refractivity contribution < 1.29 is 91.6 Å². The lowest BCUT2D eigenvalue weighted by molar-refractivity contribution is -0.137. The van der Waals surface area contributed by atoms with Gasteiger partial charge in [-0.05, 0) is 229 Å². The number of Topliss-reactive ketones (excluding diaryl/α,β-unsaturated/α-hetero) is 2. The molecule has 0 spiro atoms. The number of carboxylic acids is 2. The van der Waals surface area contributed by atoms with E-state index in [1.807, 2.05) is 91.9 Å². The predicted molar refractivity (Wildman–Crippen MR) is 575 cm³/mol. The number of phenols is 3. The number of unbranched alkanes of at least 4 members (excludes halogenated alkanes) is 1. The van der Waals surface area contributed by atoms with E-state index in [9.17, 15) is 72.0 Å². The van der Waals surface area contributed by atoms with Crippen LogP contribution >= 0.6 is 58.6 Å². The summed E-state index contributed by atoms with van der Waals surface area (Å²) in [5, 5.41) is 76.1. The molecule has 11 N–H and O–H groups in total. The van der Waals surface area contributed by atoms with E-state index >= 15 is 0 Å². The largest absolute Gasteiger partial charge is 0.508 e. The van der Waals surface area contributed by atoms with Crippen LogP contribution in [0.2, 0.25) is 5.02 Å². The number of aromatic amines is 4. The van der Waals surface area contributed by atoms with Crippen molar-refractivity contribution in [3.05, 3.63) is 377 Å². The first-order valence-electron chi connectivity index (χ1n) is 45.9. The number of halogens is 5. The minimum Gasteiger partial charge on any atom is -0.508 e. The second-order valence-electron chi connectivity index (χ2n) is 33.1. The van der Waals surface area contributed by atoms with Crippen molar-refractivity contribution in [1.82, 2.24) is 59.9 Å². The number of H-pyrrole nitrogens is 4. The number of aromatic carboxylic acids is 2. The number of aryl methyl sites for hydroxylation is 3. The number of carbonyl (C=O) groups excluding carboxylic acids is 5. The number of rotatable bonds is 23. The molecule has 150 heavy (non-hydrogen) atoms. The fourth-order valence-corrected chi connectivity index (χ4v) is 16.0. The zero-order valence-electron chi connectivity index (χ0n) is 80.3. The monoisotopic (exact) mass is 2190 g/mol. The number of nitrogens with one attached hydrogen (secondary N) is 5. The highest BCUT2D eigenvalue weighted by Gasteiger charge is 2.34. The van der Waals surface area contributed by atoms with Crippen molar-refractivity contribution in [2.45, 2.75) is 77.4 Å². The zero-order chi connectivity index (χ0) is 107. The Balaban J connectivity index is 0.000000146. The summed E-state index contributed by atoms with van der Waals surface area (Å²) in [5.74, 6) is 6.71. The number of aromatic nitrogens is 10. The van der Waals surface area contributed by atoms with Crippen molar-refractivity contribution in [2.24, 2.45) is 15.2 Å². The molecular weight excluding hydrogens is 2100 g/mol. The molecule has 0 unspecified atom stereocenters. The molecule has 40 heteroatoms. The predicted octanol–water partition coefficient (Wildman–Crippen LogP) is 20.5. The number of nitrogens with zero attached hydrogens (tertiary/aromatic N) is 11. The van der Waals surface area contributed by atoms with Crippen molar-refractivity contribution >= 4 is 166 Å². The Morgan fingerprint density at radius 2 is 1.14 bits per heavy atom. The Kier molecular flexibility index (Phi) is 38.3. The number of azo groups is 1. The summed E-state index contributed by atoms with van der Waals surface area (Å²) < 4.78 is 54.6. The van der Waals surface area contributed by atoms with Gasteiger partial charge < -0.3 is 79.9 Å². The first kappa shape index (κ1) is 110. The summed E-state index contributed by atoms with van der Waals surface area (Å²) in [5.41, 5.74) is 12.2. The van der Waals surface area contributed by atoms with Crippen molar-refractivity contribution in [2.75, 3.05) is 39.7 Å². The van der Waals surface area contributed by atoms with Gasteiger partial charge in [-0.25, -0.2) is 29.5 Å². The maximum absolute atomic E-state index is 12.5. The molecular formula is C110H93ClF3IN16O17S2. The normalized spacial score (nSPS) is 13.0. The first-order valence-corrected chi connectivity index (χ1v) is 48.1. The van der Waals surface area contributed by atoms with Crippen LogP contribution in [0.1, 0.15) is 113 Å². The number of thiocarbonyl (C=S) groups is 2. The van der Waals surface area contributed by atoms with Crippen LogP contribution < -0.4 is 25.1 Å². The van der Waals surface area contributed by atoms with Gasteiger partial charge in [0, 0.05) is 88.1 Å². The molecule has 0 saturated carbocycles. The van der Waals surface area contributed by atoms with E-state index < -0.39 is 41.4 Å². The number of imidazole rings is 2. The molecule has 11 aromatic carbocycles. The number of fused-ring (bicyclic) bond motifs is 6. The first-order chi connectivity index (χ1) is 72.1. The van der Waals surface area contributed by atoms with E-state index in [2.05, 4.69) is 123 Å². The highest BCUT2D eigenvalue weighted by molar-refractivity contribution is 14.1. The number of piperidine rings is 2. The number of alkyl halides is 3. The summed E-state index contributed by atoms with van der Waals surface area (Å²) in [4.78, 5) is 129. The SMILES string of the molecule is CN1C(=O)/C(=C/Cc2cccc(C(=O)O)c2)C(=O)CC1=S.CN1C(=O)/C(=C/Cc2cccc(C(=O)O)c2)C(=O)CC1=S.COc1ccc(OCC#CCOc2ccc(Cl)cc2)cc1.Cc1cccc2c(N=NC(=O)c3cccc(O)c3)c(O)[nH]c12.O=c1cc(Nc2cccc(C(F)(F)F)c2)nc[nH]1.Oc1ccc(C=NCc2nnc3c(n2)Cc2c(I)cccc2-3)c(O)c1.c1ccc2[nH]c(CCCCc3nc4ccccc4[nH]3)nc2c1. The lowest BCUT2D eigenvalue weighted by Gasteiger charge is -2.24. The molecule has 0 bridgehead atoms. The fourth-order valence-electron chi connectivity index (χ4n) is 14.8. The van der Waals surface area contributed by atoms with Crippen LogP contribution in [0.25, 0.3) is 44.2 Å². The number of hydrogen-bond acceptors (Lipinski definition) is 26. The van der Waals surface area contributed by atoms with Crippen LogP contribution in [0.4, 0.5) is 30.4 Å². The summed E-state index contributed by atoms with van der Waals surface area (Å²) in [7, 11) is 4.70. The lowest BCUT2D eigenvalue weighted by Crippen LogP contribution is -2.41. The number of para-hydroxylation sites is 5. The van der Waals surface area contributed by atoms with Gasteiger partial charge in [0.25, 0.3) is 23.3 Å². The highest BCUT2D eigenvalue weighted by atomic mass is 127. The number of aliphatic imine (C=N–C) groups is 1. The third-order valence-electron chi connectivity index (χ3n) is 22.5. The number of amides is 3. The van der Waals surface area contributed by atoms with Gasteiger partial charge in [0.15, 0.2) is 23.1 Å². The average Bonchev–Trinajstić information content (AvgIpc) is 1.62. The molecule has 3 amide bonds. The molecule has 33 nitrogen and oxygen atoms in total. The lowest BCUT2D eigenvalue weighted by atomic mass is 9.99. The summed E-state index contributed by atoms with van der Waals surface area (Å²) in [6.45, 7) is 2.80. The van der Waals surface area contributed by atoms with Gasteiger partial charge in [-0.15, -0.1) is 20.4 Å². The Morgan fingerprint density at radius 3 is 1.70 bits per heavy atom. The topological polar surface area (TPSA) is 482 Å². The van der Waals surface area contributed by atoms with E-state index in [0.717, 1.165) is 147 Å². The second-order valence-corrected chi connectivity index (χ2v) is 35.6. The molecule has 2 saturated heterocycles. The summed E-state index contributed by atoms with van der Waals surface area (Å²) >= 11 is 18.0. The number of methoxy groups -OCH3 is 1. The third-order valence-corrected chi connectivity index (χ3v) is 24.6. The number of carboxylic acid groups (broad SMARTS) is 2.